The molecule has 8 unspecified atom stereocenters. The summed E-state index contributed by atoms with van der Waals surface area (Å²) >= 11 is 0. The Morgan fingerprint density at radius 3 is 1.28 bits per heavy atom. The van der Waals surface area contributed by atoms with Crippen molar-refractivity contribution in [2.75, 3.05) is 53.9 Å². The Bertz CT molecular complexity index is 3490. The van der Waals surface area contributed by atoms with Gasteiger partial charge in [0.05, 0.1) is 53.3 Å². The van der Waals surface area contributed by atoms with E-state index in [2.05, 4.69) is 169 Å². The minimum Gasteiger partial charge on any atom is -0.311 e. The lowest BCUT2D eigenvalue weighted by atomic mass is 9.84. The third-order valence-electron chi connectivity index (χ3n) is 19.0. The Balaban J connectivity index is 0. The summed E-state index contributed by atoms with van der Waals surface area (Å²) in [5.41, 5.74) is 4.96. The topological polar surface area (TPSA) is 276 Å². The summed E-state index contributed by atoms with van der Waals surface area (Å²) in [5.74, 6) is 4.13. The molecule has 7 rings (SSSR count). The summed E-state index contributed by atoms with van der Waals surface area (Å²) < 4.78 is 0. The van der Waals surface area contributed by atoms with Crippen LogP contribution in [0.1, 0.15) is 214 Å². The number of aldehydes is 5. The van der Waals surface area contributed by atoms with E-state index in [1.807, 2.05) is 98.2 Å². The van der Waals surface area contributed by atoms with Gasteiger partial charge in [-0.1, -0.05) is 242 Å². The first-order valence-electron chi connectivity index (χ1n) is 41.8. The molecular weight excluding hydrogens is 1460 g/mol. The van der Waals surface area contributed by atoms with Crippen LogP contribution in [-0.2, 0) is 64.0 Å². The number of likely N-dealkylation sites (N-methyl/N-ethyl adjacent to an activating group) is 3. The molecule has 0 spiro atoms. The molecule has 8 atom stereocenters. The third-order valence-corrected chi connectivity index (χ3v) is 19.0. The molecule has 1 aliphatic carbocycles. The minimum atomic E-state index is -0.434. The third kappa shape index (κ3) is 50.9. The van der Waals surface area contributed by atoms with Crippen LogP contribution in [0.15, 0.2) is 152 Å². The number of carbonyl (C=O) groups is 8. The van der Waals surface area contributed by atoms with Crippen LogP contribution in [0.2, 0.25) is 0 Å². The van der Waals surface area contributed by atoms with Gasteiger partial charge >= 0.3 is 0 Å². The van der Waals surface area contributed by atoms with Crippen LogP contribution in [0.25, 0.3) is 21.5 Å². The fraction of sp³-hybridized carbons (Fsp3) is 0.537. The summed E-state index contributed by atoms with van der Waals surface area (Å²) in [6.45, 7) is 30.5. The zero-order valence-corrected chi connectivity index (χ0v) is 73.3. The molecular formula is C95H147N9O10S. The van der Waals surface area contributed by atoms with Crippen molar-refractivity contribution >= 4 is 89.5 Å². The maximum Gasteiger partial charge on any atom is 0.269 e. The van der Waals surface area contributed by atoms with Gasteiger partial charge in [-0.2, -0.15) is 13.5 Å². The van der Waals surface area contributed by atoms with Crippen molar-refractivity contribution in [2.45, 2.75) is 266 Å². The highest BCUT2D eigenvalue weighted by atomic mass is 32.1. The van der Waals surface area contributed by atoms with Crippen molar-refractivity contribution in [2.24, 2.45) is 11.3 Å². The number of hydrogen-bond acceptors (Lipinski definition) is 18. The average molecular weight is 1610 g/mol. The fourth-order valence-corrected chi connectivity index (χ4v) is 12.5. The highest BCUT2D eigenvalue weighted by Gasteiger charge is 2.23. The fourth-order valence-electron chi connectivity index (χ4n) is 12.5. The van der Waals surface area contributed by atoms with Crippen molar-refractivity contribution in [1.29, 1.82) is 0 Å². The van der Waals surface area contributed by atoms with E-state index in [4.69, 9.17) is 6.42 Å². The van der Waals surface area contributed by atoms with Crippen LogP contribution < -0.4 is 42.5 Å². The van der Waals surface area contributed by atoms with Gasteiger partial charge in [0.15, 0.2) is 0 Å². The molecule has 1 fully saturated rings. The van der Waals surface area contributed by atoms with Gasteiger partial charge < -0.3 is 66.5 Å². The van der Waals surface area contributed by atoms with E-state index in [1.165, 1.54) is 82.5 Å². The average Bonchev–Trinajstić information content (AvgIpc) is 0.829. The first-order valence-corrected chi connectivity index (χ1v) is 41.8. The van der Waals surface area contributed by atoms with Crippen LogP contribution in [0.5, 0.6) is 0 Å². The molecule has 0 amide bonds. The van der Waals surface area contributed by atoms with Gasteiger partial charge in [-0.05, 0) is 192 Å². The molecule has 0 aliphatic heterocycles. The summed E-state index contributed by atoms with van der Waals surface area (Å²) in [5, 5.41) is 40.4. The number of terminal acetylenes is 1. The maximum absolute atomic E-state index is 11.8. The number of nitrogens with one attached hydrogen (secondary N) is 8. The van der Waals surface area contributed by atoms with Gasteiger partial charge in [0.25, 0.3) is 5.69 Å². The molecule has 6 aromatic rings. The maximum atomic E-state index is 11.8. The van der Waals surface area contributed by atoms with Crippen LogP contribution in [0, 0.1) is 33.8 Å². The molecule has 115 heavy (non-hydrogen) atoms. The highest BCUT2D eigenvalue weighted by molar-refractivity contribution is 7.59. The molecule has 20 heteroatoms. The quantitative estimate of drug-likeness (QED) is 0.00580. The van der Waals surface area contributed by atoms with Crippen molar-refractivity contribution in [3.8, 4) is 12.3 Å². The van der Waals surface area contributed by atoms with Gasteiger partial charge in [-0.3, -0.25) is 24.5 Å². The summed E-state index contributed by atoms with van der Waals surface area (Å²) in [6, 6.07) is 45.3. The molecule has 0 heterocycles. The lowest BCUT2D eigenvalue weighted by molar-refractivity contribution is -0.384. The predicted molar refractivity (Wildman–Crippen MR) is 486 cm³/mol. The number of hydrogen-bond donors (Lipinski definition) is 8. The van der Waals surface area contributed by atoms with Crippen LogP contribution in [0.4, 0.5) is 5.69 Å². The second kappa shape index (κ2) is 70.2. The number of benzene rings is 6. The monoisotopic (exact) mass is 1610 g/mol. The molecule has 8 N–H and O–H groups in total. The Kier molecular flexibility index (Phi) is 66.5. The number of fused-ring (bicyclic) bond motifs is 2. The molecule has 19 nitrogen and oxygen atoms in total. The Labute approximate surface area is 699 Å². The molecule has 1 aliphatic rings. The normalized spacial score (nSPS) is 13.5. The number of non-ortho nitro benzene ring substituents is 1. The SMILES string of the molecule is C#CCC(C=O)NCCC.C=CCC(C=O)NCCC.CCC(=O)C(CC1CCCCC1)NC.CCC(=O)C(Cc1cccc2ccccc12)NC.CCC(=O)C(Cc1cccc2ccccc12)NC.CCCNC(C=O)CC(C)(C)C.CCCNC(C=O)CCc1ccccc1.CCCNC(C=O)Cc1ccc([N+](=O)[O-])cc1.S. The molecule has 0 saturated heterocycles. The number of nitro benzene ring substituents is 1. The summed E-state index contributed by atoms with van der Waals surface area (Å²) in [7, 11) is 5.60. The van der Waals surface area contributed by atoms with Crippen molar-refractivity contribution < 1.29 is 43.3 Å². The van der Waals surface area contributed by atoms with Crippen LogP contribution in [-0.4, -0.2) is 156 Å². The number of nitrogens with zero attached hydrogens (tertiary/aromatic N) is 1. The largest absolute Gasteiger partial charge is 0.311 e. The zero-order chi connectivity index (χ0) is 85.2. The van der Waals surface area contributed by atoms with Gasteiger partial charge in [-0.25, -0.2) is 0 Å². The van der Waals surface area contributed by atoms with E-state index in [9.17, 15) is 48.5 Å². The van der Waals surface area contributed by atoms with E-state index in [-0.39, 0.29) is 84.5 Å². The standard InChI is InChI=1S/2C16H19NO.C13H19NO.C12H16N2O3.C12H23NO.C10H21NO.C8H15NO.C8H13NO.H2S/c2*1-3-16(18)15(17-2)11-13-9-6-8-12-7-4-5-10-14(12)13;1-2-10-14-13(11-15)9-8-12-6-4-3-5-7-12;1-2-7-13-11(9-15)8-10-3-5-12(6-4-10)14(16)17;1-3-12(14)11(13-2)9-10-7-5-4-6-8-10;1-5-6-11-9(8-12)7-10(2,3)4;2*1-3-5-8(7-10)9-6-4-2;/h2*4-10,15,17H,3,11H2,1-2H3;3-7,11,13-14H,2,8-10H2,1H3;3-6,9,11,13H,2,7-8H2,1H3;10-11,13H,3-9H2,1-2H3;8-9,11H,5-7H2,1-4H3;3,7-9H,1,4-6H2,2H3;1,7-9H,4-6H2,2H3;1H2. The Hall–Kier alpha value is -8.07. The molecule has 0 radical (unpaired) electrons. The van der Waals surface area contributed by atoms with E-state index in [0.29, 0.717) is 37.9 Å². The van der Waals surface area contributed by atoms with Crippen LogP contribution in [0.3, 0.4) is 0 Å². The zero-order valence-electron chi connectivity index (χ0n) is 72.3. The molecule has 1 saturated carbocycles. The van der Waals surface area contributed by atoms with E-state index < -0.39 is 4.92 Å². The van der Waals surface area contributed by atoms with Crippen molar-refractivity contribution in [3.63, 3.8) is 0 Å². The highest BCUT2D eigenvalue weighted by Crippen LogP contribution is 2.28. The van der Waals surface area contributed by atoms with Crippen molar-refractivity contribution in [3.05, 3.63) is 185 Å². The summed E-state index contributed by atoms with van der Waals surface area (Å²) in [4.78, 5) is 98.0. The number of nitro groups is 1. The van der Waals surface area contributed by atoms with Gasteiger partial charge in [0, 0.05) is 37.8 Å². The molecule has 0 bridgehead atoms. The van der Waals surface area contributed by atoms with Gasteiger partial charge in [-0.15, -0.1) is 18.9 Å². The van der Waals surface area contributed by atoms with Gasteiger partial charge in [0.2, 0.25) is 0 Å². The number of carbonyl (C=O) groups excluding carboxylic acids is 8. The van der Waals surface area contributed by atoms with E-state index >= 15 is 0 Å². The molecule has 638 valence electrons. The first kappa shape index (κ1) is 109. The molecule has 0 aromatic heterocycles. The number of ketones is 3. The predicted octanol–water partition coefficient (Wildman–Crippen LogP) is 16.1. The smallest absolute Gasteiger partial charge is 0.269 e. The second-order valence-electron chi connectivity index (χ2n) is 29.7. The van der Waals surface area contributed by atoms with Gasteiger partial charge in [0.1, 0.15) is 48.8 Å². The Morgan fingerprint density at radius 1 is 0.496 bits per heavy atom. The number of Topliss-reactive ketones (excluding diaryl/α,β-unsaturated/α-hetero) is 3. The van der Waals surface area contributed by atoms with Crippen LogP contribution >= 0.6 is 13.5 Å². The van der Waals surface area contributed by atoms with Crippen molar-refractivity contribution in [1.82, 2.24) is 42.5 Å². The van der Waals surface area contributed by atoms with E-state index in [0.717, 1.165) is 153 Å². The second-order valence-corrected chi connectivity index (χ2v) is 29.7. The number of aryl methyl sites for hydroxylation is 1. The Morgan fingerprint density at radius 2 is 0.887 bits per heavy atom. The van der Waals surface area contributed by atoms with E-state index in [1.54, 1.807) is 18.2 Å². The number of rotatable bonds is 45. The molecule has 6 aromatic carbocycles. The lowest BCUT2D eigenvalue weighted by Gasteiger charge is -2.25. The minimum absolute atomic E-state index is 0. The lowest BCUT2D eigenvalue weighted by Crippen LogP contribution is -2.35. The summed E-state index contributed by atoms with van der Waals surface area (Å²) in [6.07, 6.45) is 32.3. The first-order chi connectivity index (χ1) is 55.0.